The Morgan fingerprint density at radius 3 is 2.53 bits per heavy atom. The van der Waals surface area contributed by atoms with E-state index >= 15 is 0 Å². The second-order valence-corrected chi connectivity index (χ2v) is 6.52. The summed E-state index contributed by atoms with van der Waals surface area (Å²) in [7, 11) is 0. The van der Waals surface area contributed by atoms with E-state index in [0.717, 1.165) is 22.9 Å². The lowest BCUT2D eigenvalue weighted by molar-refractivity contribution is 0.802. The van der Waals surface area contributed by atoms with Gasteiger partial charge in [0, 0.05) is 16.3 Å². The minimum atomic E-state index is 0.455. The number of rotatable bonds is 5. The number of halogens is 1. The largest absolute Gasteiger partial charge is 0.330 e. The van der Waals surface area contributed by atoms with Crippen LogP contribution in [0.2, 0.25) is 5.02 Å². The molecule has 1 aromatic carbocycles. The monoisotopic (exact) mass is 294 g/mol. The number of nitrogens with zero attached hydrogens (tertiary/aromatic N) is 1. The number of hydrogen-bond acceptors (Lipinski definition) is 3. The first-order valence-corrected chi connectivity index (χ1v) is 7.72. The van der Waals surface area contributed by atoms with E-state index < -0.39 is 0 Å². The van der Waals surface area contributed by atoms with Gasteiger partial charge < -0.3 is 5.73 Å². The molecule has 1 aromatic heterocycles. The van der Waals surface area contributed by atoms with Crippen molar-refractivity contribution in [3.05, 3.63) is 50.4 Å². The highest BCUT2D eigenvalue weighted by Gasteiger charge is 2.13. The second kappa shape index (κ2) is 6.51. The third kappa shape index (κ3) is 3.78. The lowest BCUT2D eigenvalue weighted by Gasteiger charge is -2.03. The highest BCUT2D eigenvalue weighted by Crippen LogP contribution is 2.27. The molecule has 2 nitrogen and oxygen atoms in total. The second-order valence-electron chi connectivity index (χ2n) is 4.91. The van der Waals surface area contributed by atoms with E-state index in [1.807, 2.05) is 12.1 Å². The van der Waals surface area contributed by atoms with Gasteiger partial charge in [-0.25, -0.2) is 4.98 Å². The molecule has 0 aliphatic heterocycles. The van der Waals surface area contributed by atoms with Gasteiger partial charge in [0.15, 0.2) is 0 Å². The molecular formula is C15H19ClN2S. The fraction of sp³-hybridized carbons (Fsp3) is 0.400. The van der Waals surface area contributed by atoms with Crippen molar-refractivity contribution < 1.29 is 0 Å². The van der Waals surface area contributed by atoms with Crippen LogP contribution in [0, 0.1) is 0 Å². The van der Waals surface area contributed by atoms with Crippen molar-refractivity contribution in [2.24, 2.45) is 5.73 Å². The summed E-state index contributed by atoms with van der Waals surface area (Å²) in [5.41, 5.74) is 8.12. The lowest BCUT2D eigenvalue weighted by atomic mass is 10.1. The number of benzene rings is 1. The zero-order valence-corrected chi connectivity index (χ0v) is 12.9. The predicted molar refractivity (Wildman–Crippen MR) is 83.2 cm³/mol. The third-order valence-corrected chi connectivity index (χ3v) is 4.34. The summed E-state index contributed by atoms with van der Waals surface area (Å²) in [6.45, 7) is 5.05. The highest BCUT2D eigenvalue weighted by atomic mass is 35.5. The number of thiazole rings is 1. The van der Waals surface area contributed by atoms with Gasteiger partial charge in [0.05, 0.1) is 10.7 Å². The Kier molecular flexibility index (Phi) is 4.97. The van der Waals surface area contributed by atoms with E-state index in [0.29, 0.717) is 12.5 Å². The maximum Gasteiger partial charge on any atom is 0.0975 e. The van der Waals surface area contributed by atoms with Crippen molar-refractivity contribution in [1.82, 2.24) is 4.98 Å². The first kappa shape index (κ1) is 14.5. The van der Waals surface area contributed by atoms with Crippen LogP contribution in [-0.2, 0) is 12.8 Å². The molecule has 2 aromatic rings. The van der Waals surface area contributed by atoms with Gasteiger partial charge in [-0.15, -0.1) is 11.3 Å². The summed E-state index contributed by atoms with van der Waals surface area (Å²) in [5, 5.41) is 1.93. The van der Waals surface area contributed by atoms with Crippen LogP contribution in [0.3, 0.4) is 0 Å². The van der Waals surface area contributed by atoms with Crippen LogP contribution in [0.5, 0.6) is 0 Å². The average molecular weight is 295 g/mol. The van der Waals surface area contributed by atoms with Crippen LogP contribution < -0.4 is 5.73 Å². The molecule has 0 saturated heterocycles. The fourth-order valence-corrected chi connectivity index (χ4v) is 3.43. The van der Waals surface area contributed by atoms with E-state index in [1.165, 1.54) is 16.1 Å². The average Bonchev–Trinajstić information content (AvgIpc) is 2.76. The van der Waals surface area contributed by atoms with Gasteiger partial charge in [-0.2, -0.15) is 0 Å². The summed E-state index contributed by atoms with van der Waals surface area (Å²) in [6.07, 6.45) is 1.79. The molecule has 0 unspecified atom stereocenters. The van der Waals surface area contributed by atoms with Gasteiger partial charge in [0.1, 0.15) is 0 Å². The molecule has 0 fully saturated rings. The molecule has 19 heavy (non-hydrogen) atoms. The Hall–Kier alpha value is -0.900. The topological polar surface area (TPSA) is 38.9 Å². The van der Waals surface area contributed by atoms with Crippen molar-refractivity contribution >= 4 is 22.9 Å². The Morgan fingerprint density at radius 1 is 1.26 bits per heavy atom. The van der Waals surface area contributed by atoms with Crippen molar-refractivity contribution in [1.29, 1.82) is 0 Å². The first-order chi connectivity index (χ1) is 9.10. The van der Waals surface area contributed by atoms with Gasteiger partial charge in [-0.3, -0.25) is 0 Å². The molecule has 0 spiro atoms. The van der Waals surface area contributed by atoms with Gasteiger partial charge in [0.25, 0.3) is 0 Å². The van der Waals surface area contributed by atoms with Crippen LogP contribution in [0.4, 0.5) is 0 Å². The summed E-state index contributed by atoms with van der Waals surface area (Å²) in [4.78, 5) is 6.11. The molecule has 0 atom stereocenters. The van der Waals surface area contributed by atoms with Crippen molar-refractivity contribution in [3.63, 3.8) is 0 Å². The van der Waals surface area contributed by atoms with E-state index in [4.69, 9.17) is 22.3 Å². The smallest absolute Gasteiger partial charge is 0.0975 e. The zero-order valence-electron chi connectivity index (χ0n) is 11.3. The Labute approximate surface area is 123 Å². The van der Waals surface area contributed by atoms with Gasteiger partial charge >= 0.3 is 0 Å². The molecule has 0 bridgehead atoms. The summed E-state index contributed by atoms with van der Waals surface area (Å²) >= 11 is 7.69. The molecule has 0 amide bonds. The van der Waals surface area contributed by atoms with Crippen molar-refractivity contribution in [2.45, 2.75) is 32.6 Å². The summed E-state index contributed by atoms with van der Waals surface area (Å²) < 4.78 is 0. The molecule has 0 saturated carbocycles. The number of nitrogens with two attached hydrogens (primary N) is 1. The molecule has 0 aliphatic carbocycles. The molecule has 102 valence electrons. The SMILES string of the molecule is CC(C)c1nc(Cc2ccc(Cl)cc2)sc1CCN. The minimum Gasteiger partial charge on any atom is -0.330 e. The molecule has 2 N–H and O–H groups in total. The van der Waals surface area contributed by atoms with Crippen LogP contribution in [0.15, 0.2) is 24.3 Å². The van der Waals surface area contributed by atoms with Gasteiger partial charge in [-0.1, -0.05) is 37.6 Å². The standard InChI is InChI=1S/C15H19ClN2S/c1-10(2)15-13(7-8-17)19-14(18-15)9-11-3-5-12(16)6-4-11/h3-6,10H,7-9,17H2,1-2H3. The quantitative estimate of drug-likeness (QED) is 0.905. The van der Waals surface area contributed by atoms with E-state index in [2.05, 4.69) is 26.0 Å². The molecule has 0 radical (unpaired) electrons. The molecule has 1 heterocycles. The Morgan fingerprint density at radius 2 is 1.95 bits per heavy atom. The molecule has 0 aliphatic rings. The van der Waals surface area contributed by atoms with E-state index in [9.17, 15) is 0 Å². The fourth-order valence-electron chi connectivity index (χ4n) is 2.03. The van der Waals surface area contributed by atoms with Gasteiger partial charge in [0.2, 0.25) is 0 Å². The maximum atomic E-state index is 5.90. The highest BCUT2D eigenvalue weighted by molar-refractivity contribution is 7.11. The Balaban J connectivity index is 2.20. The van der Waals surface area contributed by atoms with Crippen LogP contribution in [0.25, 0.3) is 0 Å². The van der Waals surface area contributed by atoms with Crippen LogP contribution in [-0.4, -0.2) is 11.5 Å². The Bertz CT molecular complexity index is 532. The maximum absolute atomic E-state index is 5.90. The lowest BCUT2D eigenvalue weighted by Crippen LogP contribution is -2.04. The van der Waals surface area contributed by atoms with Crippen LogP contribution in [0.1, 0.15) is 40.9 Å². The third-order valence-electron chi connectivity index (χ3n) is 2.96. The molecule has 2 rings (SSSR count). The van der Waals surface area contributed by atoms with Crippen LogP contribution >= 0.6 is 22.9 Å². The number of aromatic nitrogens is 1. The van der Waals surface area contributed by atoms with E-state index in [-0.39, 0.29) is 0 Å². The predicted octanol–water partition coefficient (Wildman–Crippen LogP) is 4.01. The molecular weight excluding hydrogens is 276 g/mol. The number of hydrogen-bond donors (Lipinski definition) is 1. The zero-order chi connectivity index (χ0) is 13.8. The summed E-state index contributed by atoms with van der Waals surface area (Å²) in [6, 6.07) is 7.96. The first-order valence-electron chi connectivity index (χ1n) is 6.53. The minimum absolute atomic E-state index is 0.455. The van der Waals surface area contributed by atoms with Crippen molar-refractivity contribution in [2.75, 3.05) is 6.54 Å². The normalized spacial score (nSPS) is 11.2. The van der Waals surface area contributed by atoms with E-state index in [1.54, 1.807) is 11.3 Å². The summed E-state index contributed by atoms with van der Waals surface area (Å²) in [5.74, 6) is 0.455. The van der Waals surface area contributed by atoms with Crippen molar-refractivity contribution in [3.8, 4) is 0 Å². The molecule has 4 heteroatoms. The van der Waals surface area contributed by atoms with Gasteiger partial charge in [-0.05, 0) is 36.6 Å².